The van der Waals surface area contributed by atoms with E-state index >= 15 is 0 Å². The minimum Gasteiger partial charge on any atom is -0.308 e. The van der Waals surface area contributed by atoms with Crippen LogP contribution in [-0.4, -0.2) is 14.1 Å². The summed E-state index contributed by atoms with van der Waals surface area (Å²) in [7, 11) is 0. The number of pyridine rings is 1. The average Bonchev–Trinajstić information content (AvgIpc) is 3.19. The van der Waals surface area contributed by atoms with Crippen molar-refractivity contribution in [1.29, 1.82) is 0 Å². The van der Waals surface area contributed by atoms with E-state index < -0.39 is 0 Å². The molecule has 2 aromatic heterocycles. The largest absolute Gasteiger partial charge is 0.308 e. The van der Waals surface area contributed by atoms with Gasteiger partial charge in [0, 0.05) is 23.6 Å². The van der Waals surface area contributed by atoms with Crippen molar-refractivity contribution in [2.45, 2.75) is 26.8 Å². The van der Waals surface area contributed by atoms with Crippen LogP contribution in [0.1, 0.15) is 40.9 Å². The highest BCUT2D eigenvalue weighted by Crippen LogP contribution is 2.25. The minimum atomic E-state index is -0.296. The summed E-state index contributed by atoms with van der Waals surface area (Å²) in [5, 5.41) is 0. The molecule has 2 heterocycles. The molecule has 0 aliphatic rings. The van der Waals surface area contributed by atoms with Crippen LogP contribution in [-0.2, 0) is 0 Å². The Morgan fingerprint density at radius 1 is 1.10 bits per heavy atom. The third kappa shape index (κ3) is 3.99. The zero-order chi connectivity index (χ0) is 22.1. The van der Waals surface area contributed by atoms with E-state index in [1.165, 1.54) is 12.1 Å². The van der Waals surface area contributed by atoms with Crippen molar-refractivity contribution in [2.24, 2.45) is 0 Å². The summed E-state index contributed by atoms with van der Waals surface area (Å²) in [6.07, 6.45) is 5.52. The van der Waals surface area contributed by atoms with Crippen molar-refractivity contribution < 1.29 is 4.39 Å². The SMILES string of the molecule is C=C(c1ccc(-n2cnc(C)c2)c(C)c1)c1cccn(C(C)c2ccc(F)cc2)c1=O. The smallest absolute Gasteiger partial charge is 0.258 e. The second kappa shape index (κ2) is 8.19. The van der Waals surface area contributed by atoms with Crippen molar-refractivity contribution in [1.82, 2.24) is 14.1 Å². The predicted octanol–water partition coefficient (Wildman–Crippen LogP) is 5.46. The molecule has 1 atom stereocenters. The Labute approximate surface area is 180 Å². The van der Waals surface area contributed by atoms with E-state index in [9.17, 15) is 9.18 Å². The Morgan fingerprint density at radius 3 is 2.48 bits per heavy atom. The molecule has 2 aromatic carbocycles. The lowest BCUT2D eigenvalue weighted by Gasteiger charge is -2.18. The average molecular weight is 413 g/mol. The van der Waals surface area contributed by atoms with Crippen LogP contribution in [0.25, 0.3) is 11.3 Å². The lowest BCUT2D eigenvalue weighted by atomic mass is 9.98. The summed E-state index contributed by atoms with van der Waals surface area (Å²) in [5.41, 5.74) is 5.89. The monoisotopic (exact) mass is 413 g/mol. The van der Waals surface area contributed by atoms with Gasteiger partial charge in [-0.25, -0.2) is 9.37 Å². The molecule has 156 valence electrons. The van der Waals surface area contributed by atoms with Gasteiger partial charge in [0.05, 0.1) is 18.1 Å². The van der Waals surface area contributed by atoms with Gasteiger partial charge in [-0.15, -0.1) is 0 Å². The van der Waals surface area contributed by atoms with Crippen LogP contribution in [0.4, 0.5) is 4.39 Å². The Balaban J connectivity index is 1.68. The van der Waals surface area contributed by atoms with Gasteiger partial charge in [0.2, 0.25) is 0 Å². The molecule has 0 N–H and O–H groups in total. The van der Waals surface area contributed by atoms with E-state index in [4.69, 9.17) is 0 Å². The van der Waals surface area contributed by atoms with Crippen LogP contribution in [0.15, 0.2) is 84.7 Å². The van der Waals surface area contributed by atoms with Crippen molar-refractivity contribution in [3.8, 4) is 5.69 Å². The summed E-state index contributed by atoms with van der Waals surface area (Å²) in [6, 6.07) is 15.7. The first-order valence-electron chi connectivity index (χ1n) is 10.1. The number of halogens is 1. The van der Waals surface area contributed by atoms with Crippen molar-refractivity contribution in [3.05, 3.63) is 124 Å². The predicted molar refractivity (Wildman–Crippen MR) is 122 cm³/mol. The molecule has 1 unspecified atom stereocenters. The number of benzene rings is 2. The lowest BCUT2D eigenvalue weighted by Crippen LogP contribution is -2.26. The van der Waals surface area contributed by atoms with Crippen LogP contribution in [0, 0.1) is 19.7 Å². The van der Waals surface area contributed by atoms with Crippen LogP contribution < -0.4 is 5.56 Å². The van der Waals surface area contributed by atoms with E-state index in [1.807, 2.05) is 55.8 Å². The quantitative estimate of drug-likeness (QED) is 0.436. The first kappa shape index (κ1) is 20.5. The van der Waals surface area contributed by atoms with E-state index in [2.05, 4.69) is 11.6 Å². The Hall–Kier alpha value is -3.73. The van der Waals surface area contributed by atoms with Crippen molar-refractivity contribution >= 4 is 5.57 Å². The van der Waals surface area contributed by atoms with Gasteiger partial charge in [0.25, 0.3) is 5.56 Å². The Bertz CT molecular complexity index is 1320. The number of hydrogen-bond acceptors (Lipinski definition) is 2. The molecule has 0 saturated heterocycles. The first-order valence-corrected chi connectivity index (χ1v) is 10.1. The fourth-order valence-corrected chi connectivity index (χ4v) is 3.79. The van der Waals surface area contributed by atoms with Gasteiger partial charge in [0.15, 0.2) is 0 Å². The van der Waals surface area contributed by atoms with Gasteiger partial charge >= 0.3 is 0 Å². The number of aryl methyl sites for hydroxylation is 2. The standard InChI is InChI=1S/C26H24FN3O/c1-17-14-22(9-12-25(17)29-15-18(2)28-16-29)19(3)24-6-5-13-30(26(24)31)20(4)21-7-10-23(27)11-8-21/h5-16,20H,3H2,1-2,4H3. The summed E-state index contributed by atoms with van der Waals surface area (Å²) in [6.45, 7) is 10.1. The number of nitrogens with zero attached hydrogens (tertiary/aromatic N) is 3. The molecule has 4 nitrogen and oxygen atoms in total. The van der Waals surface area contributed by atoms with Crippen LogP contribution >= 0.6 is 0 Å². The minimum absolute atomic E-state index is 0.128. The van der Waals surface area contributed by atoms with Gasteiger partial charge in [-0.05, 0) is 79.4 Å². The number of imidazole rings is 1. The molecule has 0 spiro atoms. The number of hydrogen-bond donors (Lipinski definition) is 0. The fourth-order valence-electron chi connectivity index (χ4n) is 3.79. The maximum Gasteiger partial charge on any atom is 0.258 e. The molecule has 4 aromatic rings. The van der Waals surface area contributed by atoms with Gasteiger partial charge in [-0.1, -0.05) is 24.8 Å². The Kier molecular flexibility index (Phi) is 5.42. The molecule has 5 heteroatoms. The molecular weight excluding hydrogens is 389 g/mol. The topological polar surface area (TPSA) is 39.8 Å². The van der Waals surface area contributed by atoms with Crippen LogP contribution in [0.5, 0.6) is 0 Å². The highest BCUT2D eigenvalue weighted by Gasteiger charge is 2.15. The van der Waals surface area contributed by atoms with Crippen LogP contribution in [0.3, 0.4) is 0 Å². The highest BCUT2D eigenvalue weighted by atomic mass is 19.1. The zero-order valence-corrected chi connectivity index (χ0v) is 17.8. The second-order valence-corrected chi connectivity index (χ2v) is 7.76. The van der Waals surface area contributed by atoms with E-state index in [0.29, 0.717) is 11.1 Å². The van der Waals surface area contributed by atoms with Crippen molar-refractivity contribution in [2.75, 3.05) is 0 Å². The van der Waals surface area contributed by atoms with E-state index in [0.717, 1.165) is 28.1 Å². The zero-order valence-electron chi connectivity index (χ0n) is 17.8. The van der Waals surface area contributed by atoms with Gasteiger partial charge in [-0.3, -0.25) is 4.79 Å². The van der Waals surface area contributed by atoms with E-state index in [-0.39, 0.29) is 17.4 Å². The van der Waals surface area contributed by atoms with E-state index in [1.54, 1.807) is 35.3 Å². The molecule has 0 aliphatic carbocycles. The lowest BCUT2D eigenvalue weighted by molar-refractivity contribution is 0.603. The van der Waals surface area contributed by atoms with Crippen LogP contribution in [0.2, 0.25) is 0 Å². The fraction of sp³-hybridized carbons (Fsp3) is 0.154. The molecule has 0 fully saturated rings. The summed E-state index contributed by atoms with van der Waals surface area (Å²) < 4.78 is 16.9. The molecule has 0 aliphatic heterocycles. The second-order valence-electron chi connectivity index (χ2n) is 7.76. The van der Waals surface area contributed by atoms with Gasteiger partial charge in [0.1, 0.15) is 5.82 Å². The summed E-state index contributed by atoms with van der Waals surface area (Å²) in [4.78, 5) is 17.5. The number of aromatic nitrogens is 3. The maximum absolute atomic E-state index is 13.3. The number of rotatable bonds is 5. The first-order chi connectivity index (χ1) is 14.8. The normalized spacial score (nSPS) is 12.0. The highest BCUT2D eigenvalue weighted by molar-refractivity contribution is 5.78. The molecule has 0 amide bonds. The van der Waals surface area contributed by atoms with Gasteiger partial charge in [-0.2, -0.15) is 0 Å². The molecule has 4 rings (SSSR count). The maximum atomic E-state index is 13.3. The summed E-state index contributed by atoms with van der Waals surface area (Å²) >= 11 is 0. The van der Waals surface area contributed by atoms with Crippen molar-refractivity contribution in [3.63, 3.8) is 0 Å². The molecule has 0 radical (unpaired) electrons. The third-order valence-corrected chi connectivity index (χ3v) is 5.60. The molecule has 31 heavy (non-hydrogen) atoms. The molecule has 0 saturated carbocycles. The molecular formula is C26H24FN3O. The molecule has 0 bridgehead atoms. The summed E-state index contributed by atoms with van der Waals surface area (Å²) in [5.74, 6) is -0.296. The Morgan fingerprint density at radius 2 is 1.84 bits per heavy atom. The third-order valence-electron chi connectivity index (χ3n) is 5.60. The van der Waals surface area contributed by atoms with Gasteiger partial charge < -0.3 is 9.13 Å².